The molecule has 4 N–H and O–H groups in total. The van der Waals surface area contributed by atoms with Crippen molar-refractivity contribution in [1.82, 2.24) is 10.6 Å². The number of nitrogens with zero attached hydrogens (tertiary/aromatic N) is 1. The minimum atomic E-state index is 0.207. The number of aliphatic imine (C=N–C) groups is 1. The van der Waals surface area contributed by atoms with Crippen LogP contribution in [0.2, 0.25) is 0 Å². The molecule has 0 bridgehead atoms. The van der Waals surface area contributed by atoms with Crippen molar-refractivity contribution in [2.24, 2.45) is 16.6 Å². The van der Waals surface area contributed by atoms with E-state index in [1.807, 2.05) is 0 Å². The van der Waals surface area contributed by atoms with Gasteiger partial charge in [0.15, 0.2) is 5.96 Å². The zero-order valence-corrected chi connectivity index (χ0v) is 9.25. The van der Waals surface area contributed by atoms with Gasteiger partial charge < -0.3 is 16.4 Å². The zero-order valence-electron chi connectivity index (χ0n) is 9.25. The monoisotopic (exact) mass is 212 g/mol. The largest absolute Gasteiger partial charge is 0.370 e. The first kappa shape index (κ1) is 11.8. The van der Waals surface area contributed by atoms with E-state index in [0.29, 0.717) is 12.5 Å². The van der Waals surface area contributed by atoms with Gasteiger partial charge in [-0.05, 0) is 19.3 Å². The summed E-state index contributed by atoms with van der Waals surface area (Å²) in [5.74, 6) is 0.930. The average Bonchev–Trinajstić information content (AvgIpc) is 2.14. The maximum absolute atomic E-state index is 11.4. The number of guanidine groups is 1. The Hall–Kier alpha value is -1.26. The number of hydrogen-bond acceptors (Lipinski definition) is 2. The van der Waals surface area contributed by atoms with Crippen LogP contribution in [0.15, 0.2) is 4.99 Å². The zero-order chi connectivity index (χ0) is 11.1. The number of amides is 1. The van der Waals surface area contributed by atoms with Crippen LogP contribution in [0.4, 0.5) is 0 Å². The normalized spacial score (nSPS) is 17.0. The summed E-state index contributed by atoms with van der Waals surface area (Å²) in [6.45, 7) is 1.45. The van der Waals surface area contributed by atoms with Crippen molar-refractivity contribution in [2.75, 3.05) is 20.1 Å². The van der Waals surface area contributed by atoms with Crippen molar-refractivity contribution in [3.8, 4) is 0 Å². The van der Waals surface area contributed by atoms with Crippen LogP contribution in [0, 0.1) is 5.92 Å². The van der Waals surface area contributed by atoms with Crippen LogP contribution >= 0.6 is 0 Å². The van der Waals surface area contributed by atoms with Gasteiger partial charge in [0.25, 0.3) is 0 Å². The van der Waals surface area contributed by atoms with Gasteiger partial charge in [0, 0.05) is 26.1 Å². The maximum atomic E-state index is 11.4. The average molecular weight is 212 g/mol. The van der Waals surface area contributed by atoms with Crippen LogP contribution < -0.4 is 16.4 Å². The number of carbonyl (C=O) groups excluding carboxylic acids is 1. The van der Waals surface area contributed by atoms with Crippen LogP contribution in [0.25, 0.3) is 0 Å². The van der Waals surface area contributed by atoms with Crippen molar-refractivity contribution in [2.45, 2.75) is 25.7 Å². The molecule has 1 fully saturated rings. The Bertz CT molecular complexity index is 236. The summed E-state index contributed by atoms with van der Waals surface area (Å²) in [5, 5.41) is 5.86. The molecule has 1 aliphatic rings. The van der Waals surface area contributed by atoms with Crippen LogP contribution in [0.3, 0.4) is 0 Å². The highest BCUT2D eigenvalue weighted by atomic mass is 16.1. The summed E-state index contributed by atoms with van der Waals surface area (Å²) in [5.41, 5.74) is 5.45. The predicted octanol–water partition coefficient (Wildman–Crippen LogP) is -0.173. The highest BCUT2D eigenvalue weighted by Gasteiger charge is 2.24. The highest BCUT2D eigenvalue weighted by molar-refractivity contribution is 5.79. The van der Waals surface area contributed by atoms with Gasteiger partial charge >= 0.3 is 0 Å². The third-order valence-corrected chi connectivity index (χ3v) is 2.68. The lowest BCUT2D eigenvalue weighted by molar-refractivity contribution is -0.127. The van der Waals surface area contributed by atoms with E-state index in [1.54, 1.807) is 7.05 Å². The summed E-state index contributed by atoms with van der Waals surface area (Å²) < 4.78 is 0. The summed E-state index contributed by atoms with van der Waals surface area (Å²) in [7, 11) is 1.64. The number of nitrogens with one attached hydrogen (secondary N) is 2. The lowest BCUT2D eigenvalue weighted by Crippen LogP contribution is -2.37. The van der Waals surface area contributed by atoms with E-state index in [1.165, 1.54) is 6.42 Å². The van der Waals surface area contributed by atoms with E-state index in [9.17, 15) is 4.79 Å². The summed E-state index contributed by atoms with van der Waals surface area (Å²) >= 11 is 0. The van der Waals surface area contributed by atoms with Gasteiger partial charge in [-0.15, -0.1) is 0 Å². The van der Waals surface area contributed by atoms with E-state index in [0.717, 1.165) is 25.8 Å². The van der Waals surface area contributed by atoms with Crippen LogP contribution in [0.5, 0.6) is 0 Å². The molecule has 0 spiro atoms. The molecule has 5 heteroatoms. The molecule has 0 aromatic heterocycles. The lowest BCUT2D eigenvalue weighted by Gasteiger charge is -2.23. The van der Waals surface area contributed by atoms with E-state index in [4.69, 9.17) is 5.73 Å². The standard InChI is InChI=1S/C10H20N4O/c1-12-10(11)14-7-3-6-13-9(15)8-4-2-5-8/h8H,2-7H2,1H3,(H,13,15)(H3,11,12,14). The molecule has 5 nitrogen and oxygen atoms in total. The first-order chi connectivity index (χ1) is 7.24. The highest BCUT2D eigenvalue weighted by Crippen LogP contribution is 2.25. The van der Waals surface area contributed by atoms with E-state index < -0.39 is 0 Å². The molecular formula is C10H20N4O. The fraction of sp³-hybridized carbons (Fsp3) is 0.800. The first-order valence-corrected chi connectivity index (χ1v) is 5.48. The second-order valence-corrected chi connectivity index (χ2v) is 3.81. The van der Waals surface area contributed by atoms with Gasteiger partial charge in [-0.1, -0.05) is 6.42 Å². The number of nitrogens with two attached hydrogens (primary N) is 1. The van der Waals surface area contributed by atoms with Gasteiger partial charge in [-0.25, -0.2) is 0 Å². The van der Waals surface area contributed by atoms with E-state index >= 15 is 0 Å². The molecule has 0 aliphatic heterocycles. The number of rotatable bonds is 5. The van der Waals surface area contributed by atoms with E-state index in [-0.39, 0.29) is 11.8 Å². The molecule has 1 amide bonds. The molecule has 0 radical (unpaired) electrons. The van der Waals surface area contributed by atoms with Crippen molar-refractivity contribution >= 4 is 11.9 Å². The fourth-order valence-corrected chi connectivity index (χ4v) is 1.41. The van der Waals surface area contributed by atoms with Gasteiger partial charge in [0.1, 0.15) is 0 Å². The molecule has 0 aromatic rings. The van der Waals surface area contributed by atoms with Crippen LogP contribution in [-0.4, -0.2) is 32.0 Å². The maximum Gasteiger partial charge on any atom is 0.223 e. The van der Waals surface area contributed by atoms with Gasteiger partial charge in [0.05, 0.1) is 0 Å². The Morgan fingerprint density at radius 2 is 2.07 bits per heavy atom. The molecule has 0 aromatic carbocycles. The third-order valence-electron chi connectivity index (χ3n) is 2.68. The Balaban J connectivity index is 1.94. The SMILES string of the molecule is CN=C(N)NCCCNC(=O)C1CCC1. The Kier molecular flexibility index (Phi) is 4.93. The summed E-state index contributed by atoms with van der Waals surface area (Å²) in [6.07, 6.45) is 4.18. The minimum Gasteiger partial charge on any atom is -0.370 e. The van der Waals surface area contributed by atoms with Crippen molar-refractivity contribution in [1.29, 1.82) is 0 Å². The Morgan fingerprint density at radius 1 is 1.40 bits per heavy atom. The molecule has 0 saturated heterocycles. The van der Waals surface area contributed by atoms with Gasteiger partial charge in [-0.3, -0.25) is 9.79 Å². The molecule has 1 saturated carbocycles. The predicted molar refractivity (Wildman–Crippen MR) is 60.5 cm³/mol. The van der Waals surface area contributed by atoms with Crippen molar-refractivity contribution in [3.05, 3.63) is 0 Å². The Morgan fingerprint density at radius 3 is 2.60 bits per heavy atom. The molecule has 0 unspecified atom stereocenters. The van der Waals surface area contributed by atoms with Crippen molar-refractivity contribution in [3.63, 3.8) is 0 Å². The number of carbonyl (C=O) groups is 1. The minimum absolute atomic E-state index is 0.207. The molecule has 1 rings (SSSR count). The van der Waals surface area contributed by atoms with Crippen LogP contribution in [-0.2, 0) is 4.79 Å². The van der Waals surface area contributed by atoms with E-state index in [2.05, 4.69) is 15.6 Å². The second-order valence-electron chi connectivity index (χ2n) is 3.81. The smallest absolute Gasteiger partial charge is 0.223 e. The summed E-state index contributed by atoms with van der Waals surface area (Å²) in [4.78, 5) is 15.2. The van der Waals surface area contributed by atoms with Crippen molar-refractivity contribution < 1.29 is 4.79 Å². The second kappa shape index (κ2) is 6.27. The van der Waals surface area contributed by atoms with Gasteiger partial charge in [-0.2, -0.15) is 0 Å². The van der Waals surface area contributed by atoms with Gasteiger partial charge in [0.2, 0.25) is 5.91 Å². The molecule has 86 valence electrons. The molecule has 15 heavy (non-hydrogen) atoms. The molecule has 0 heterocycles. The quantitative estimate of drug-likeness (QED) is 0.336. The topological polar surface area (TPSA) is 79.5 Å². The Labute approximate surface area is 90.5 Å². The molecule has 0 atom stereocenters. The molecular weight excluding hydrogens is 192 g/mol. The first-order valence-electron chi connectivity index (χ1n) is 5.48. The third kappa shape index (κ3) is 4.18. The fourth-order valence-electron chi connectivity index (χ4n) is 1.41. The van der Waals surface area contributed by atoms with Crippen LogP contribution in [0.1, 0.15) is 25.7 Å². The lowest BCUT2D eigenvalue weighted by atomic mass is 9.85. The number of hydrogen-bond donors (Lipinski definition) is 3. The molecule has 1 aliphatic carbocycles. The summed E-state index contributed by atoms with van der Waals surface area (Å²) in [6, 6.07) is 0.